The van der Waals surface area contributed by atoms with Crippen LogP contribution in [0.5, 0.6) is 0 Å². The number of hydrogen-bond acceptors (Lipinski definition) is 1. The summed E-state index contributed by atoms with van der Waals surface area (Å²) in [6.07, 6.45) is 7.74. The van der Waals surface area contributed by atoms with Crippen LogP contribution < -0.4 is 0 Å². The van der Waals surface area contributed by atoms with Gasteiger partial charge in [-0.1, -0.05) is 32.8 Å². The second-order valence-corrected chi connectivity index (χ2v) is 4.62. The van der Waals surface area contributed by atoms with Gasteiger partial charge in [0.1, 0.15) is 0 Å². The van der Waals surface area contributed by atoms with Crippen LogP contribution in [0, 0.1) is 5.41 Å². The normalized spacial score (nSPS) is 11.3. The molecule has 0 saturated carbocycles. The van der Waals surface area contributed by atoms with Gasteiger partial charge in [0.2, 0.25) is 0 Å². The third-order valence-electron chi connectivity index (χ3n) is 2.39. The third-order valence-corrected chi connectivity index (χ3v) is 2.39. The van der Waals surface area contributed by atoms with Crippen LogP contribution in [0.4, 0.5) is 0 Å². The predicted octanol–water partition coefficient (Wildman–Crippen LogP) is 3.62. The summed E-state index contributed by atoms with van der Waals surface area (Å²) < 4.78 is 0. The fourth-order valence-corrected chi connectivity index (χ4v) is 1.57. The van der Waals surface area contributed by atoms with Crippen LogP contribution in [-0.2, 0) is 4.79 Å². The summed E-state index contributed by atoms with van der Waals surface area (Å²) in [5.74, 6) is -0.693. The number of carboxylic acids is 1. The van der Waals surface area contributed by atoms with Gasteiger partial charge in [-0.05, 0) is 24.7 Å². The van der Waals surface area contributed by atoms with Crippen molar-refractivity contribution in [3.63, 3.8) is 0 Å². The lowest BCUT2D eigenvalue weighted by Crippen LogP contribution is -2.16. The summed E-state index contributed by atoms with van der Waals surface area (Å²) in [6, 6.07) is 0. The molecule has 0 saturated heterocycles. The van der Waals surface area contributed by atoms with Crippen LogP contribution in [0.25, 0.3) is 0 Å². The molecule has 0 rings (SSSR count). The van der Waals surface area contributed by atoms with Gasteiger partial charge in [0, 0.05) is 0 Å². The Morgan fingerprint density at radius 2 is 2.00 bits per heavy atom. The van der Waals surface area contributed by atoms with E-state index in [1.807, 2.05) is 19.9 Å². The molecule has 0 unspecified atom stereocenters. The van der Waals surface area contributed by atoms with Crippen LogP contribution in [0.15, 0.2) is 12.7 Å². The minimum atomic E-state index is -0.693. The first-order chi connectivity index (χ1) is 6.48. The molecule has 0 radical (unpaired) electrons. The molecule has 0 atom stereocenters. The van der Waals surface area contributed by atoms with Gasteiger partial charge in [-0.2, -0.15) is 0 Å². The summed E-state index contributed by atoms with van der Waals surface area (Å²) in [5, 5.41) is 8.68. The molecule has 82 valence electrons. The molecule has 0 aliphatic carbocycles. The molecule has 0 aliphatic heterocycles. The molecule has 2 heteroatoms. The Morgan fingerprint density at radius 3 is 2.50 bits per heavy atom. The van der Waals surface area contributed by atoms with Crippen LogP contribution in [0.1, 0.15) is 52.4 Å². The first-order valence-corrected chi connectivity index (χ1v) is 5.30. The van der Waals surface area contributed by atoms with Crippen molar-refractivity contribution < 1.29 is 9.90 Å². The van der Waals surface area contributed by atoms with Crippen LogP contribution in [0.3, 0.4) is 0 Å². The smallest absolute Gasteiger partial charge is 0.303 e. The van der Waals surface area contributed by atoms with Crippen molar-refractivity contribution in [1.29, 1.82) is 0 Å². The molecule has 14 heavy (non-hydrogen) atoms. The Labute approximate surface area is 87.0 Å². The molecule has 0 aromatic rings. The van der Waals surface area contributed by atoms with Crippen LogP contribution >= 0.6 is 0 Å². The third kappa shape index (κ3) is 7.84. The van der Waals surface area contributed by atoms with Crippen molar-refractivity contribution in [3.8, 4) is 0 Å². The summed E-state index contributed by atoms with van der Waals surface area (Å²) >= 11 is 0. The van der Waals surface area contributed by atoms with Crippen molar-refractivity contribution in [1.82, 2.24) is 0 Å². The highest BCUT2D eigenvalue weighted by Crippen LogP contribution is 2.27. The van der Waals surface area contributed by atoms with Crippen molar-refractivity contribution in [2.45, 2.75) is 52.4 Å². The number of hydrogen-bond donors (Lipinski definition) is 1. The fourth-order valence-electron chi connectivity index (χ4n) is 1.57. The lowest BCUT2D eigenvalue weighted by molar-refractivity contribution is -0.139. The molecule has 1 N–H and O–H groups in total. The average molecular weight is 198 g/mol. The maximum atomic E-state index is 10.5. The van der Waals surface area contributed by atoms with E-state index in [4.69, 9.17) is 5.11 Å². The molecular formula is C12H22O2. The Balaban J connectivity index is 3.54. The zero-order chi connectivity index (χ0) is 11.0. The highest BCUT2D eigenvalue weighted by atomic mass is 16.4. The Morgan fingerprint density at radius 1 is 1.36 bits per heavy atom. The van der Waals surface area contributed by atoms with E-state index in [9.17, 15) is 4.79 Å². The van der Waals surface area contributed by atoms with Gasteiger partial charge in [-0.25, -0.2) is 0 Å². The highest BCUT2D eigenvalue weighted by Gasteiger charge is 2.20. The van der Waals surface area contributed by atoms with E-state index in [2.05, 4.69) is 6.58 Å². The second-order valence-electron chi connectivity index (χ2n) is 4.62. The van der Waals surface area contributed by atoms with Crippen molar-refractivity contribution >= 4 is 5.97 Å². The molecule has 0 aliphatic rings. The lowest BCUT2D eigenvalue weighted by atomic mass is 9.84. The van der Waals surface area contributed by atoms with Gasteiger partial charge in [0.15, 0.2) is 0 Å². The number of carboxylic acid groups (broad SMARTS) is 1. The highest BCUT2D eigenvalue weighted by molar-refractivity contribution is 5.67. The summed E-state index contributed by atoms with van der Waals surface area (Å²) in [7, 11) is 0. The van der Waals surface area contributed by atoms with Crippen LogP contribution in [0.2, 0.25) is 0 Å². The maximum Gasteiger partial charge on any atom is 0.303 e. The van der Waals surface area contributed by atoms with Crippen molar-refractivity contribution in [2.24, 2.45) is 5.41 Å². The average Bonchev–Trinajstić information content (AvgIpc) is 2.01. The monoisotopic (exact) mass is 198 g/mol. The Hall–Kier alpha value is -0.790. The number of rotatable bonds is 8. The van der Waals surface area contributed by atoms with E-state index in [0.29, 0.717) is 0 Å². The number of unbranched alkanes of at least 4 members (excludes halogenated alkanes) is 3. The van der Waals surface area contributed by atoms with Gasteiger partial charge in [0.25, 0.3) is 0 Å². The maximum absolute atomic E-state index is 10.5. The van der Waals surface area contributed by atoms with E-state index in [0.717, 1.165) is 19.3 Å². The quantitative estimate of drug-likeness (QED) is 0.477. The van der Waals surface area contributed by atoms with Gasteiger partial charge >= 0.3 is 5.97 Å². The number of aliphatic carboxylic acids is 1. The number of carbonyl (C=O) groups is 1. The minimum absolute atomic E-state index is 0.0555. The molecule has 0 bridgehead atoms. The van der Waals surface area contributed by atoms with Crippen LogP contribution in [-0.4, -0.2) is 11.1 Å². The molecule has 0 aromatic heterocycles. The zero-order valence-electron chi connectivity index (χ0n) is 9.38. The topological polar surface area (TPSA) is 37.3 Å². The fraction of sp³-hybridized carbons (Fsp3) is 0.750. The lowest BCUT2D eigenvalue weighted by Gasteiger charge is -2.21. The molecular weight excluding hydrogens is 176 g/mol. The van der Waals surface area contributed by atoms with E-state index >= 15 is 0 Å². The first kappa shape index (κ1) is 13.2. The van der Waals surface area contributed by atoms with Gasteiger partial charge < -0.3 is 5.11 Å². The standard InChI is InChI=1S/C12H22O2/c1-4-5-6-7-8-9-12(2,3)10-11(13)14/h4H,1,5-10H2,2-3H3,(H,13,14). The van der Waals surface area contributed by atoms with E-state index < -0.39 is 5.97 Å². The van der Waals surface area contributed by atoms with E-state index in [1.54, 1.807) is 0 Å². The molecule has 2 nitrogen and oxygen atoms in total. The summed E-state index contributed by atoms with van der Waals surface area (Å²) in [6.45, 7) is 7.71. The van der Waals surface area contributed by atoms with Gasteiger partial charge in [-0.3, -0.25) is 4.79 Å². The zero-order valence-corrected chi connectivity index (χ0v) is 9.38. The summed E-state index contributed by atoms with van der Waals surface area (Å²) in [4.78, 5) is 10.5. The predicted molar refractivity (Wildman–Crippen MR) is 59.3 cm³/mol. The Bertz CT molecular complexity index is 183. The molecule has 0 fully saturated rings. The molecule has 0 spiro atoms. The number of allylic oxidation sites excluding steroid dienone is 1. The minimum Gasteiger partial charge on any atom is -0.481 e. The molecule has 0 amide bonds. The van der Waals surface area contributed by atoms with E-state index in [1.165, 1.54) is 12.8 Å². The van der Waals surface area contributed by atoms with Gasteiger partial charge in [-0.15, -0.1) is 6.58 Å². The van der Waals surface area contributed by atoms with Crippen molar-refractivity contribution in [2.75, 3.05) is 0 Å². The first-order valence-electron chi connectivity index (χ1n) is 5.30. The largest absolute Gasteiger partial charge is 0.481 e. The Kier molecular flexibility index (Phi) is 6.26. The molecule has 0 aromatic carbocycles. The van der Waals surface area contributed by atoms with Gasteiger partial charge in [0.05, 0.1) is 6.42 Å². The van der Waals surface area contributed by atoms with E-state index in [-0.39, 0.29) is 11.8 Å². The van der Waals surface area contributed by atoms with Crippen molar-refractivity contribution in [3.05, 3.63) is 12.7 Å². The SMILES string of the molecule is C=CCCCCCC(C)(C)CC(=O)O. The second kappa shape index (κ2) is 6.63. The summed E-state index contributed by atoms with van der Waals surface area (Å²) in [5.41, 5.74) is -0.0555. The molecule has 0 heterocycles.